The minimum absolute atomic E-state index is 0.0204. The van der Waals surface area contributed by atoms with Crippen molar-refractivity contribution in [2.75, 3.05) is 28.4 Å². The standard InChI is InChI=1S/C20H22F2N2O7/c1-28-15(29-2)10-24-9-13(17(25)18(30-3)16(24)20(27)31-4)19(26)23-8-11-5-6-12(21)7-14(11)22/h5-7,9,15H,8,10H2,1-4H3,(H,23,26). The summed E-state index contributed by atoms with van der Waals surface area (Å²) in [4.78, 5) is 37.7. The predicted molar refractivity (Wildman–Crippen MR) is 104 cm³/mol. The summed E-state index contributed by atoms with van der Waals surface area (Å²) < 4.78 is 48.1. The van der Waals surface area contributed by atoms with E-state index in [9.17, 15) is 23.2 Å². The monoisotopic (exact) mass is 440 g/mol. The third kappa shape index (κ3) is 5.44. The fourth-order valence-corrected chi connectivity index (χ4v) is 2.78. The van der Waals surface area contributed by atoms with Crippen LogP contribution < -0.4 is 15.5 Å². The van der Waals surface area contributed by atoms with E-state index in [1.807, 2.05) is 0 Å². The third-order valence-corrected chi connectivity index (χ3v) is 4.39. The average Bonchev–Trinajstić information content (AvgIpc) is 2.76. The van der Waals surface area contributed by atoms with Crippen LogP contribution in [0.5, 0.6) is 5.75 Å². The van der Waals surface area contributed by atoms with Gasteiger partial charge in [-0.05, 0) is 6.07 Å². The number of methoxy groups -OCH3 is 4. The summed E-state index contributed by atoms with van der Waals surface area (Å²) >= 11 is 0. The molecule has 0 saturated heterocycles. The van der Waals surface area contributed by atoms with E-state index in [1.165, 1.54) is 24.9 Å². The molecule has 1 amide bonds. The van der Waals surface area contributed by atoms with Crippen LogP contribution in [-0.4, -0.2) is 51.2 Å². The van der Waals surface area contributed by atoms with Gasteiger partial charge in [0.15, 0.2) is 17.7 Å². The Bertz CT molecular complexity index is 1020. The molecule has 0 unspecified atom stereocenters. The first-order valence-corrected chi connectivity index (χ1v) is 8.94. The number of carbonyl (C=O) groups excluding carboxylic acids is 2. The molecule has 2 aromatic rings. The molecule has 1 aromatic heterocycles. The normalized spacial score (nSPS) is 10.8. The number of benzene rings is 1. The molecule has 0 fully saturated rings. The number of esters is 1. The van der Waals surface area contributed by atoms with Crippen molar-refractivity contribution in [1.82, 2.24) is 9.88 Å². The fraction of sp³-hybridized carbons (Fsp3) is 0.350. The highest BCUT2D eigenvalue weighted by atomic mass is 19.1. The van der Waals surface area contributed by atoms with Gasteiger partial charge in [0.1, 0.15) is 17.2 Å². The number of rotatable bonds is 9. The Morgan fingerprint density at radius 2 is 1.81 bits per heavy atom. The van der Waals surface area contributed by atoms with Gasteiger partial charge in [0.2, 0.25) is 5.43 Å². The number of aromatic nitrogens is 1. The lowest BCUT2D eigenvalue weighted by molar-refractivity contribution is -0.111. The molecule has 0 aliphatic heterocycles. The lowest BCUT2D eigenvalue weighted by atomic mass is 10.1. The molecule has 1 heterocycles. The topological polar surface area (TPSA) is 105 Å². The first-order chi connectivity index (χ1) is 14.8. The highest BCUT2D eigenvalue weighted by molar-refractivity contribution is 5.96. The van der Waals surface area contributed by atoms with Gasteiger partial charge in [0.05, 0.1) is 20.8 Å². The summed E-state index contributed by atoms with van der Waals surface area (Å²) in [5, 5.41) is 2.39. The predicted octanol–water partition coefficient (Wildman–Crippen LogP) is 1.47. The Labute approximate surface area is 176 Å². The Hall–Kier alpha value is -3.31. The minimum atomic E-state index is -0.875. The van der Waals surface area contributed by atoms with Crippen molar-refractivity contribution in [3.05, 3.63) is 63.1 Å². The smallest absolute Gasteiger partial charge is 0.358 e. The number of hydrogen-bond donors (Lipinski definition) is 1. The van der Waals surface area contributed by atoms with Crippen LogP contribution in [0, 0.1) is 11.6 Å². The molecule has 2 rings (SSSR count). The van der Waals surface area contributed by atoms with Crippen LogP contribution in [0.3, 0.4) is 0 Å². The quantitative estimate of drug-likeness (QED) is 0.465. The number of ether oxygens (including phenoxy) is 4. The first-order valence-electron chi connectivity index (χ1n) is 8.94. The van der Waals surface area contributed by atoms with Crippen LogP contribution in [0.25, 0.3) is 0 Å². The molecule has 0 aliphatic rings. The zero-order valence-electron chi connectivity index (χ0n) is 17.4. The van der Waals surface area contributed by atoms with Crippen molar-refractivity contribution in [3.8, 4) is 5.75 Å². The second-order valence-electron chi connectivity index (χ2n) is 6.22. The van der Waals surface area contributed by atoms with Gasteiger partial charge in [-0.2, -0.15) is 0 Å². The number of hydrogen-bond acceptors (Lipinski definition) is 7. The van der Waals surface area contributed by atoms with Crippen LogP contribution in [0.2, 0.25) is 0 Å². The maximum atomic E-state index is 13.8. The number of carbonyl (C=O) groups is 2. The van der Waals surface area contributed by atoms with Crippen LogP contribution in [0.4, 0.5) is 8.78 Å². The fourth-order valence-electron chi connectivity index (χ4n) is 2.78. The number of halogens is 2. The first kappa shape index (κ1) is 24.0. The summed E-state index contributed by atoms with van der Waals surface area (Å²) in [6.45, 7) is -0.384. The number of nitrogens with one attached hydrogen (secondary N) is 1. The molecule has 11 heteroatoms. The van der Waals surface area contributed by atoms with Gasteiger partial charge in [0.25, 0.3) is 5.91 Å². The van der Waals surface area contributed by atoms with Gasteiger partial charge in [-0.25, -0.2) is 13.6 Å². The average molecular weight is 440 g/mol. The molecular formula is C20H22F2N2O7. The lowest BCUT2D eigenvalue weighted by Gasteiger charge is -2.20. The van der Waals surface area contributed by atoms with Crippen molar-refractivity contribution in [2.45, 2.75) is 19.4 Å². The molecule has 0 radical (unpaired) electrons. The third-order valence-electron chi connectivity index (χ3n) is 4.39. The summed E-state index contributed by atoms with van der Waals surface area (Å²) in [7, 11) is 5.03. The largest absolute Gasteiger partial charge is 0.491 e. The van der Waals surface area contributed by atoms with Crippen molar-refractivity contribution >= 4 is 11.9 Å². The van der Waals surface area contributed by atoms with Crippen LogP contribution in [-0.2, 0) is 27.3 Å². The molecule has 168 valence electrons. The Kier molecular flexibility index (Phi) is 8.22. The van der Waals surface area contributed by atoms with E-state index >= 15 is 0 Å². The van der Waals surface area contributed by atoms with E-state index in [1.54, 1.807) is 0 Å². The van der Waals surface area contributed by atoms with E-state index in [2.05, 4.69) is 5.32 Å². The highest BCUT2D eigenvalue weighted by Gasteiger charge is 2.27. The van der Waals surface area contributed by atoms with Gasteiger partial charge in [-0.1, -0.05) is 6.07 Å². The molecule has 9 nitrogen and oxygen atoms in total. The highest BCUT2D eigenvalue weighted by Crippen LogP contribution is 2.18. The van der Waals surface area contributed by atoms with E-state index in [-0.39, 0.29) is 29.9 Å². The second-order valence-corrected chi connectivity index (χ2v) is 6.22. The van der Waals surface area contributed by atoms with E-state index < -0.39 is 41.0 Å². The summed E-state index contributed by atoms with van der Waals surface area (Å²) in [5.41, 5.74) is -1.47. The van der Waals surface area contributed by atoms with E-state index in [4.69, 9.17) is 18.9 Å². The summed E-state index contributed by atoms with van der Waals surface area (Å²) in [5.74, 6) is -3.76. The molecule has 0 saturated carbocycles. The minimum Gasteiger partial charge on any atom is -0.491 e. The SMILES string of the molecule is COC(=O)c1c(OC)c(=O)c(C(=O)NCc2ccc(F)cc2F)cn1CC(OC)OC. The number of nitrogens with zero attached hydrogens (tertiary/aromatic N) is 1. The lowest BCUT2D eigenvalue weighted by Crippen LogP contribution is -2.33. The molecule has 0 spiro atoms. The van der Waals surface area contributed by atoms with E-state index in [0.29, 0.717) is 6.07 Å². The molecule has 1 N–H and O–H groups in total. The summed E-state index contributed by atoms with van der Waals surface area (Å²) in [6, 6.07) is 2.89. The second kappa shape index (κ2) is 10.6. The van der Waals surface area contributed by atoms with Crippen LogP contribution in [0.15, 0.2) is 29.2 Å². The summed E-state index contributed by atoms with van der Waals surface area (Å²) in [6.07, 6.45) is 0.304. The molecule has 0 aliphatic carbocycles. The molecule has 0 bridgehead atoms. The van der Waals surface area contributed by atoms with Crippen molar-refractivity contribution < 1.29 is 37.3 Å². The molecular weight excluding hydrogens is 418 g/mol. The van der Waals surface area contributed by atoms with Crippen molar-refractivity contribution in [3.63, 3.8) is 0 Å². The maximum absolute atomic E-state index is 13.8. The molecule has 1 aromatic carbocycles. The van der Waals surface area contributed by atoms with Gasteiger partial charge < -0.3 is 28.8 Å². The van der Waals surface area contributed by atoms with Crippen molar-refractivity contribution in [1.29, 1.82) is 0 Å². The van der Waals surface area contributed by atoms with Gasteiger partial charge in [-0.3, -0.25) is 9.59 Å². The number of amides is 1. The molecule has 0 atom stereocenters. The van der Waals surface area contributed by atoms with Gasteiger partial charge >= 0.3 is 5.97 Å². The van der Waals surface area contributed by atoms with Crippen molar-refractivity contribution in [2.24, 2.45) is 0 Å². The van der Waals surface area contributed by atoms with Crippen LogP contribution >= 0.6 is 0 Å². The zero-order chi connectivity index (χ0) is 23.1. The van der Waals surface area contributed by atoms with E-state index in [0.717, 1.165) is 26.5 Å². The maximum Gasteiger partial charge on any atom is 0.358 e. The molecule has 31 heavy (non-hydrogen) atoms. The Balaban J connectivity index is 2.47. The zero-order valence-corrected chi connectivity index (χ0v) is 17.4. The van der Waals surface area contributed by atoms with Gasteiger partial charge in [0, 0.05) is 38.6 Å². The Morgan fingerprint density at radius 1 is 1.13 bits per heavy atom. The van der Waals surface area contributed by atoms with Gasteiger partial charge in [-0.15, -0.1) is 0 Å². The Morgan fingerprint density at radius 3 is 2.35 bits per heavy atom. The number of pyridine rings is 1. The van der Waals surface area contributed by atoms with Crippen LogP contribution in [0.1, 0.15) is 26.4 Å².